The fourth-order valence-electron chi connectivity index (χ4n) is 1.68. The molecule has 0 aliphatic heterocycles. The molecule has 102 valence electrons. The van der Waals surface area contributed by atoms with Gasteiger partial charge in [0.05, 0.1) is 9.35 Å². The third kappa shape index (κ3) is 3.73. The lowest BCUT2D eigenvalue weighted by Crippen LogP contribution is -2.08. The molecule has 1 aromatic heterocycles. The number of halogens is 4. The molecule has 1 nitrogen and oxygen atoms in total. The summed E-state index contributed by atoms with van der Waals surface area (Å²) < 4.78 is 39.3. The summed E-state index contributed by atoms with van der Waals surface area (Å²) in [6.45, 7) is 1.96. The summed E-state index contributed by atoms with van der Waals surface area (Å²) in [6.07, 6.45) is -4.31. The monoisotopic (exact) mass is 349 g/mol. The Bertz CT molecular complexity index is 578. The van der Waals surface area contributed by atoms with E-state index in [0.717, 1.165) is 15.4 Å². The van der Waals surface area contributed by atoms with Gasteiger partial charge in [0, 0.05) is 12.2 Å². The van der Waals surface area contributed by atoms with Gasteiger partial charge in [-0.15, -0.1) is 11.3 Å². The lowest BCUT2D eigenvalue weighted by Gasteiger charge is -2.13. The maximum atomic E-state index is 12.8. The van der Waals surface area contributed by atoms with Gasteiger partial charge in [-0.3, -0.25) is 0 Å². The van der Waals surface area contributed by atoms with Gasteiger partial charge in [0.2, 0.25) is 0 Å². The molecular weight excluding hydrogens is 339 g/mol. The van der Waals surface area contributed by atoms with Crippen LogP contribution in [0.3, 0.4) is 0 Å². The van der Waals surface area contributed by atoms with Crippen LogP contribution in [-0.4, -0.2) is 0 Å². The van der Waals surface area contributed by atoms with Crippen LogP contribution in [0.1, 0.15) is 16.7 Å². The lowest BCUT2D eigenvalue weighted by atomic mass is 10.1. The number of anilines is 1. The van der Waals surface area contributed by atoms with E-state index in [1.807, 2.05) is 11.4 Å². The second-order valence-corrected chi connectivity index (χ2v) is 6.43. The molecule has 0 saturated heterocycles. The van der Waals surface area contributed by atoms with Gasteiger partial charge in [-0.25, -0.2) is 0 Å². The molecule has 0 bridgehead atoms. The first kappa shape index (κ1) is 14.4. The molecule has 6 heteroatoms. The molecule has 0 saturated carbocycles. The van der Waals surface area contributed by atoms with Crippen LogP contribution in [0.5, 0.6) is 0 Å². The molecule has 0 aliphatic rings. The second-order valence-electron chi connectivity index (χ2n) is 4.14. The highest BCUT2D eigenvalue weighted by molar-refractivity contribution is 9.11. The van der Waals surface area contributed by atoms with Gasteiger partial charge in [-0.2, -0.15) is 13.2 Å². The molecule has 2 aromatic rings. The minimum absolute atomic E-state index is 0.233. The number of aryl methyl sites for hydroxylation is 1. The Labute approximate surface area is 121 Å². The van der Waals surface area contributed by atoms with Crippen LogP contribution in [0.15, 0.2) is 33.4 Å². The number of hydrogen-bond acceptors (Lipinski definition) is 2. The summed E-state index contributed by atoms with van der Waals surface area (Å²) in [6, 6.07) is 6.23. The molecule has 0 unspecified atom stereocenters. The molecule has 0 aliphatic carbocycles. The second kappa shape index (κ2) is 5.54. The average molecular weight is 350 g/mol. The van der Waals surface area contributed by atoms with Crippen LogP contribution in [0.2, 0.25) is 0 Å². The lowest BCUT2D eigenvalue weighted by molar-refractivity contribution is -0.138. The van der Waals surface area contributed by atoms with Gasteiger partial charge in [0.15, 0.2) is 0 Å². The first-order valence-electron chi connectivity index (χ1n) is 5.51. The zero-order valence-electron chi connectivity index (χ0n) is 10.0. The standard InChI is InChI=1S/C13H11BrF3NS/c1-8-2-3-10(5-11(8)13(15,16)17)18-6-9-4-12(14)19-7-9/h2-5,7,18H,6H2,1H3. The Morgan fingerprint density at radius 2 is 2.00 bits per heavy atom. The third-order valence-electron chi connectivity index (χ3n) is 2.66. The molecule has 19 heavy (non-hydrogen) atoms. The highest BCUT2D eigenvalue weighted by atomic mass is 79.9. The zero-order valence-corrected chi connectivity index (χ0v) is 12.4. The van der Waals surface area contributed by atoms with Crippen LogP contribution in [0, 0.1) is 6.92 Å². The van der Waals surface area contributed by atoms with Crippen molar-refractivity contribution in [3.05, 3.63) is 50.1 Å². The van der Waals surface area contributed by atoms with Crippen LogP contribution < -0.4 is 5.32 Å². The molecule has 1 aromatic carbocycles. The largest absolute Gasteiger partial charge is 0.416 e. The average Bonchev–Trinajstić information content (AvgIpc) is 2.72. The molecule has 0 amide bonds. The Kier molecular flexibility index (Phi) is 4.20. The predicted octanol–water partition coefficient (Wildman–Crippen LogP) is 5.45. The van der Waals surface area contributed by atoms with Gasteiger partial charge in [0.25, 0.3) is 0 Å². The first-order chi connectivity index (χ1) is 8.86. The number of rotatable bonds is 3. The third-order valence-corrected chi connectivity index (χ3v) is 4.21. The van der Waals surface area contributed by atoms with Gasteiger partial charge in [0.1, 0.15) is 0 Å². The molecule has 2 rings (SSSR count). The van der Waals surface area contributed by atoms with Crippen LogP contribution in [0.4, 0.5) is 18.9 Å². The molecule has 1 heterocycles. The topological polar surface area (TPSA) is 12.0 Å². The van der Waals surface area contributed by atoms with Crippen LogP contribution in [-0.2, 0) is 12.7 Å². The predicted molar refractivity (Wildman–Crippen MR) is 75.5 cm³/mol. The van der Waals surface area contributed by atoms with Crippen molar-refractivity contribution in [2.45, 2.75) is 19.6 Å². The van der Waals surface area contributed by atoms with E-state index in [1.165, 1.54) is 13.0 Å². The van der Waals surface area contributed by atoms with Crippen molar-refractivity contribution < 1.29 is 13.2 Å². The molecule has 0 radical (unpaired) electrons. The molecule has 0 atom stereocenters. The van der Waals surface area contributed by atoms with Gasteiger partial charge in [-0.1, -0.05) is 6.07 Å². The Hall–Kier alpha value is -1.01. The molecule has 0 fully saturated rings. The van der Waals surface area contributed by atoms with Crippen molar-refractivity contribution in [2.24, 2.45) is 0 Å². The Morgan fingerprint density at radius 1 is 1.26 bits per heavy atom. The SMILES string of the molecule is Cc1ccc(NCc2csc(Br)c2)cc1C(F)(F)F. The van der Waals surface area contributed by atoms with E-state index in [9.17, 15) is 13.2 Å². The maximum absolute atomic E-state index is 12.8. The van der Waals surface area contributed by atoms with Crippen molar-refractivity contribution in [2.75, 3.05) is 5.32 Å². The summed E-state index contributed by atoms with van der Waals surface area (Å²) in [5.41, 5.74) is 1.14. The molecular formula is C13H11BrF3NS. The van der Waals surface area contributed by atoms with Crippen molar-refractivity contribution in [1.82, 2.24) is 0 Å². The van der Waals surface area contributed by atoms with E-state index in [4.69, 9.17) is 0 Å². The fraction of sp³-hybridized carbons (Fsp3) is 0.231. The summed E-state index contributed by atoms with van der Waals surface area (Å²) in [5.74, 6) is 0. The maximum Gasteiger partial charge on any atom is 0.416 e. The highest BCUT2D eigenvalue weighted by Gasteiger charge is 2.32. The highest BCUT2D eigenvalue weighted by Crippen LogP contribution is 2.33. The summed E-state index contributed by atoms with van der Waals surface area (Å²) in [4.78, 5) is 0. The van der Waals surface area contributed by atoms with Crippen molar-refractivity contribution >= 4 is 33.0 Å². The van der Waals surface area contributed by atoms with Gasteiger partial charge in [-0.05, 0) is 57.6 Å². The van der Waals surface area contributed by atoms with Crippen molar-refractivity contribution in [3.8, 4) is 0 Å². The molecule has 1 N–H and O–H groups in total. The van der Waals surface area contributed by atoms with Gasteiger partial charge >= 0.3 is 6.18 Å². The van der Waals surface area contributed by atoms with E-state index in [2.05, 4.69) is 21.2 Å². The van der Waals surface area contributed by atoms with Gasteiger partial charge < -0.3 is 5.32 Å². The quantitative estimate of drug-likeness (QED) is 0.776. The number of thiophene rings is 1. The van der Waals surface area contributed by atoms with Crippen molar-refractivity contribution in [3.63, 3.8) is 0 Å². The van der Waals surface area contributed by atoms with Crippen LogP contribution in [0.25, 0.3) is 0 Å². The van der Waals surface area contributed by atoms with E-state index in [0.29, 0.717) is 12.2 Å². The zero-order chi connectivity index (χ0) is 14.0. The molecule has 0 spiro atoms. The number of hydrogen-bond donors (Lipinski definition) is 1. The fourth-order valence-corrected chi connectivity index (χ4v) is 2.89. The Balaban J connectivity index is 2.13. The summed E-state index contributed by atoms with van der Waals surface area (Å²) in [5, 5.41) is 4.95. The van der Waals surface area contributed by atoms with E-state index >= 15 is 0 Å². The normalized spacial score (nSPS) is 11.6. The summed E-state index contributed by atoms with van der Waals surface area (Å²) >= 11 is 4.89. The van der Waals surface area contributed by atoms with E-state index in [-0.39, 0.29) is 5.56 Å². The van der Waals surface area contributed by atoms with Crippen LogP contribution >= 0.6 is 27.3 Å². The first-order valence-corrected chi connectivity index (χ1v) is 7.18. The number of alkyl halides is 3. The number of nitrogens with one attached hydrogen (secondary N) is 1. The minimum atomic E-state index is -4.31. The van der Waals surface area contributed by atoms with E-state index < -0.39 is 11.7 Å². The minimum Gasteiger partial charge on any atom is -0.381 e. The van der Waals surface area contributed by atoms with E-state index in [1.54, 1.807) is 17.4 Å². The number of benzene rings is 1. The smallest absolute Gasteiger partial charge is 0.381 e. The summed E-state index contributed by atoms with van der Waals surface area (Å²) in [7, 11) is 0. The Morgan fingerprint density at radius 3 is 2.58 bits per heavy atom. The van der Waals surface area contributed by atoms with Crippen molar-refractivity contribution in [1.29, 1.82) is 0 Å².